The molecule has 0 radical (unpaired) electrons. The van der Waals surface area contributed by atoms with E-state index >= 15 is 0 Å². The van der Waals surface area contributed by atoms with E-state index in [1.165, 1.54) is 19.0 Å². The molecule has 1 heterocycles. The van der Waals surface area contributed by atoms with Gasteiger partial charge in [0.25, 0.3) is 0 Å². The summed E-state index contributed by atoms with van der Waals surface area (Å²) in [4.78, 5) is 8.26. The van der Waals surface area contributed by atoms with E-state index in [-0.39, 0.29) is 10.7 Å². The van der Waals surface area contributed by atoms with Gasteiger partial charge in [0.15, 0.2) is 11.0 Å². The third-order valence-corrected chi connectivity index (χ3v) is 3.28. The van der Waals surface area contributed by atoms with Crippen LogP contribution in [0.2, 0.25) is 5.15 Å². The quantitative estimate of drug-likeness (QED) is 0.591. The third-order valence-electron chi connectivity index (χ3n) is 2.99. The van der Waals surface area contributed by atoms with Gasteiger partial charge in [0.2, 0.25) is 0 Å². The monoisotopic (exact) mass is 301 g/mol. The Labute approximate surface area is 129 Å². The highest BCUT2D eigenvalue weighted by Gasteiger charge is 2.06. The van der Waals surface area contributed by atoms with E-state index in [4.69, 9.17) is 21.6 Å². The van der Waals surface area contributed by atoms with E-state index in [1.807, 2.05) is 30.3 Å². The Morgan fingerprint density at radius 3 is 2.62 bits per heavy atom. The number of hydrogen-bond donors (Lipinski definition) is 0. The topological polar surface area (TPSA) is 58.8 Å². The molecule has 5 heteroatoms. The minimum absolute atomic E-state index is 0.169. The zero-order valence-corrected chi connectivity index (χ0v) is 12.6. The molecular formula is C16H16ClN3O. The van der Waals surface area contributed by atoms with E-state index in [2.05, 4.69) is 16.9 Å². The molecule has 1 aromatic carbocycles. The Balaban J connectivity index is 2.05. The molecule has 21 heavy (non-hydrogen) atoms. The predicted molar refractivity (Wildman–Crippen MR) is 82.2 cm³/mol. The Morgan fingerprint density at radius 2 is 2.00 bits per heavy atom. The summed E-state index contributed by atoms with van der Waals surface area (Å²) < 4.78 is 5.65. The normalized spacial score (nSPS) is 10.1. The van der Waals surface area contributed by atoms with Gasteiger partial charge in [-0.25, -0.2) is 9.97 Å². The molecule has 108 valence electrons. The molecule has 0 atom stereocenters. The van der Waals surface area contributed by atoms with Crippen molar-refractivity contribution in [3.05, 3.63) is 41.2 Å². The SMILES string of the molecule is CCCCCOc1ccc(-c2ncc(C#N)c(Cl)n2)cc1. The highest BCUT2D eigenvalue weighted by Crippen LogP contribution is 2.21. The van der Waals surface area contributed by atoms with Crippen LogP contribution in [0.3, 0.4) is 0 Å². The smallest absolute Gasteiger partial charge is 0.160 e. The summed E-state index contributed by atoms with van der Waals surface area (Å²) in [5, 5.41) is 8.97. The summed E-state index contributed by atoms with van der Waals surface area (Å²) in [5.74, 6) is 1.33. The fraction of sp³-hybridized carbons (Fsp3) is 0.312. The predicted octanol–water partition coefficient (Wildman–Crippen LogP) is 4.24. The van der Waals surface area contributed by atoms with Crippen LogP contribution < -0.4 is 4.74 Å². The average Bonchev–Trinajstić information content (AvgIpc) is 2.52. The molecule has 0 saturated carbocycles. The van der Waals surface area contributed by atoms with Crippen molar-refractivity contribution in [2.75, 3.05) is 6.61 Å². The molecule has 0 aliphatic heterocycles. The van der Waals surface area contributed by atoms with Crippen LogP contribution in [0.15, 0.2) is 30.5 Å². The third kappa shape index (κ3) is 4.17. The number of ether oxygens (including phenoxy) is 1. The molecule has 0 N–H and O–H groups in total. The molecule has 0 unspecified atom stereocenters. The molecule has 0 bridgehead atoms. The van der Waals surface area contributed by atoms with Crippen molar-refractivity contribution in [2.45, 2.75) is 26.2 Å². The van der Waals surface area contributed by atoms with Crippen LogP contribution in [0, 0.1) is 11.3 Å². The number of nitriles is 1. The number of aromatic nitrogens is 2. The van der Waals surface area contributed by atoms with Gasteiger partial charge in [-0.2, -0.15) is 5.26 Å². The van der Waals surface area contributed by atoms with Crippen LogP contribution in [0.4, 0.5) is 0 Å². The largest absolute Gasteiger partial charge is 0.494 e. The van der Waals surface area contributed by atoms with Crippen molar-refractivity contribution < 1.29 is 4.74 Å². The molecule has 2 aromatic rings. The van der Waals surface area contributed by atoms with E-state index in [9.17, 15) is 0 Å². The second-order valence-electron chi connectivity index (χ2n) is 4.59. The number of benzene rings is 1. The maximum Gasteiger partial charge on any atom is 0.160 e. The first-order valence-corrected chi connectivity index (χ1v) is 7.28. The van der Waals surface area contributed by atoms with Crippen molar-refractivity contribution in [3.63, 3.8) is 0 Å². The van der Waals surface area contributed by atoms with Gasteiger partial charge in [0, 0.05) is 5.56 Å². The Bertz CT molecular complexity index is 635. The molecule has 0 aliphatic rings. The molecule has 0 fully saturated rings. The van der Waals surface area contributed by atoms with E-state index in [0.29, 0.717) is 5.82 Å². The number of unbranched alkanes of at least 4 members (excludes halogenated alkanes) is 2. The van der Waals surface area contributed by atoms with Crippen LogP contribution in [0.5, 0.6) is 5.75 Å². The molecule has 2 rings (SSSR count). The number of hydrogen-bond acceptors (Lipinski definition) is 4. The maximum atomic E-state index is 8.81. The van der Waals surface area contributed by atoms with E-state index in [0.717, 1.165) is 24.3 Å². The fourth-order valence-corrected chi connectivity index (χ4v) is 1.99. The second kappa shape index (κ2) is 7.61. The summed E-state index contributed by atoms with van der Waals surface area (Å²) in [6.45, 7) is 2.89. The fourth-order valence-electron chi connectivity index (χ4n) is 1.82. The van der Waals surface area contributed by atoms with Crippen molar-refractivity contribution >= 4 is 11.6 Å². The van der Waals surface area contributed by atoms with E-state index < -0.39 is 0 Å². The first kappa shape index (κ1) is 15.3. The lowest BCUT2D eigenvalue weighted by molar-refractivity contribution is 0.306. The molecule has 0 spiro atoms. The number of rotatable bonds is 6. The van der Waals surface area contributed by atoms with Gasteiger partial charge in [0.05, 0.1) is 12.8 Å². The zero-order chi connectivity index (χ0) is 15.1. The van der Waals surface area contributed by atoms with Crippen molar-refractivity contribution in [1.82, 2.24) is 9.97 Å². The molecule has 4 nitrogen and oxygen atoms in total. The van der Waals surface area contributed by atoms with Crippen molar-refractivity contribution in [2.24, 2.45) is 0 Å². The molecule has 0 aliphatic carbocycles. The van der Waals surface area contributed by atoms with E-state index in [1.54, 1.807) is 0 Å². The van der Waals surface area contributed by atoms with Gasteiger partial charge in [-0.05, 0) is 30.7 Å². The van der Waals surface area contributed by atoms with Crippen LogP contribution in [0.25, 0.3) is 11.4 Å². The Hall–Kier alpha value is -2.12. The van der Waals surface area contributed by atoms with Gasteiger partial charge in [-0.3, -0.25) is 0 Å². The van der Waals surface area contributed by atoms with Crippen LogP contribution in [-0.2, 0) is 0 Å². The second-order valence-corrected chi connectivity index (χ2v) is 4.95. The molecule has 0 saturated heterocycles. The van der Waals surface area contributed by atoms with Crippen LogP contribution in [-0.4, -0.2) is 16.6 Å². The molecular weight excluding hydrogens is 286 g/mol. The van der Waals surface area contributed by atoms with Gasteiger partial charge in [0.1, 0.15) is 17.4 Å². The summed E-state index contributed by atoms with van der Waals surface area (Å²) in [5.41, 5.74) is 1.11. The summed E-state index contributed by atoms with van der Waals surface area (Å²) >= 11 is 5.91. The first-order valence-electron chi connectivity index (χ1n) is 6.90. The first-order chi connectivity index (χ1) is 10.2. The van der Waals surface area contributed by atoms with Crippen LogP contribution >= 0.6 is 11.6 Å². The minimum atomic E-state index is 0.169. The highest BCUT2D eigenvalue weighted by molar-refractivity contribution is 6.30. The standard InChI is InChI=1S/C16H16ClN3O/c1-2-3-4-9-21-14-7-5-12(6-8-14)16-19-11-13(10-18)15(17)20-16/h5-8,11H,2-4,9H2,1H3. The maximum absolute atomic E-state index is 8.81. The van der Waals surface area contributed by atoms with Gasteiger partial charge in [-0.15, -0.1) is 0 Å². The summed E-state index contributed by atoms with van der Waals surface area (Å²) in [6.07, 6.45) is 4.85. The van der Waals surface area contributed by atoms with Crippen LogP contribution in [0.1, 0.15) is 31.7 Å². The minimum Gasteiger partial charge on any atom is -0.494 e. The zero-order valence-electron chi connectivity index (χ0n) is 11.8. The van der Waals surface area contributed by atoms with Crippen molar-refractivity contribution in [1.29, 1.82) is 5.26 Å². The lowest BCUT2D eigenvalue weighted by atomic mass is 10.2. The average molecular weight is 302 g/mol. The van der Waals surface area contributed by atoms with Gasteiger partial charge < -0.3 is 4.74 Å². The summed E-state index contributed by atoms with van der Waals surface area (Å²) in [7, 11) is 0. The Kier molecular flexibility index (Phi) is 5.53. The number of nitrogens with zero attached hydrogens (tertiary/aromatic N) is 3. The van der Waals surface area contributed by atoms with Gasteiger partial charge in [-0.1, -0.05) is 31.4 Å². The molecule has 0 amide bonds. The lowest BCUT2D eigenvalue weighted by Crippen LogP contribution is -1.97. The Morgan fingerprint density at radius 1 is 1.24 bits per heavy atom. The van der Waals surface area contributed by atoms with Gasteiger partial charge >= 0.3 is 0 Å². The lowest BCUT2D eigenvalue weighted by Gasteiger charge is -2.06. The van der Waals surface area contributed by atoms with Crippen molar-refractivity contribution in [3.8, 4) is 23.2 Å². The highest BCUT2D eigenvalue weighted by atomic mass is 35.5. The molecule has 1 aromatic heterocycles. The summed E-state index contributed by atoms with van der Waals surface area (Å²) in [6, 6.07) is 9.47. The number of halogens is 1.